The van der Waals surface area contributed by atoms with Crippen molar-refractivity contribution in [1.82, 2.24) is 0 Å². The number of benzene rings is 3. The van der Waals surface area contributed by atoms with Gasteiger partial charge in [0.15, 0.2) is 0 Å². The maximum Gasteiger partial charge on any atom is 0.119 e. The number of phenols is 3. The van der Waals surface area contributed by atoms with Crippen LogP contribution in [0.15, 0.2) is 36.4 Å². The zero-order valence-corrected chi connectivity index (χ0v) is 31.4. The highest BCUT2D eigenvalue weighted by atomic mass is 16.3. The highest BCUT2D eigenvalue weighted by Gasteiger charge is 2.32. The molecule has 0 aromatic heterocycles. The van der Waals surface area contributed by atoms with Crippen molar-refractivity contribution in [2.45, 2.75) is 163 Å². The van der Waals surface area contributed by atoms with Crippen molar-refractivity contribution in [2.24, 2.45) is 0 Å². The molecule has 0 spiro atoms. The van der Waals surface area contributed by atoms with Crippen molar-refractivity contribution in [3.8, 4) is 17.2 Å². The first-order chi connectivity index (χ1) is 21.4. The predicted molar refractivity (Wildman–Crippen MR) is 197 cm³/mol. The van der Waals surface area contributed by atoms with E-state index in [1.54, 1.807) is 0 Å². The van der Waals surface area contributed by atoms with Gasteiger partial charge in [-0.15, -0.1) is 0 Å². The molecule has 0 heterocycles. The molecule has 0 fully saturated rings. The minimum absolute atomic E-state index is 0.0556. The summed E-state index contributed by atoms with van der Waals surface area (Å²) >= 11 is 0. The van der Waals surface area contributed by atoms with Crippen LogP contribution in [0.5, 0.6) is 17.2 Å². The van der Waals surface area contributed by atoms with Gasteiger partial charge >= 0.3 is 0 Å². The van der Waals surface area contributed by atoms with E-state index in [0.717, 1.165) is 61.6 Å². The monoisotopic (exact) mass is 628 g/mol. The van der Waals surface area contributed by atoms with Gasteiger partial charge in [0, 0.05) is 5.92 Å². The summed E-state index contributed by atoms with van der Waals surface area (Å²) in [4.78, 5) is 0. The summed E-state index contributed by atoms with van der Waals surface area (Å²) in [7, 11) is 0. The van der Waals surface area contributed by atoms with Crippen LogP contribution in [0.4, 0.5) is 0 Å². The van der Waals surface area contributed by atoms with Crippen LogP contribution in [0.1, 0.15) is 178 Å². The van der Waals surface area contributed by atoms with Crippen LogP contribution in [0.2, 0.25) is 0 Å². The van der Waals surface area contributed by atoms with Gasteiger partial charge in [0.25, 0.3) is 0 Å². The van der Waals surface area contributed by atoms with Crippen LogP contribution < -0.4 is 0 Å². The molecule has 3 rings (SSSR count). The van der Waals surface area contributed by atoms with Crippen molar-refractivity contribution in [2.75, 3.05) is 0 Å². The number of hydrogen-bond acceptors (Lipinski definition) is 3. The zero-order valence-electron chi connectivity index (χ0n) is 31.4. The van der Waals surface area contributed by atoms with Gasteiger partial charge in [-0.05, 0) is 135 Å². The third-order valence-corrected chi connectivity index (χ3v) is 11.6. The molecule has 0 bridgehead atoms. The van der Waals surface area contributed by atoms with Gasteiger partial charge in [-0.2, -0.15) is 0 Å². The van der Waals surface area contributed by atoms with E-state index in [9.17, 15) is 15.3 Å². The second-order valence-corrected chi connectivity index (χ2v) is 15.7. The normalized spacial score (nSPS) is 13.4. The average molecular weight is 629 g/mol. The Labute approximate surface area is 281 Å². The van der Waals surface area contributed by atoms with Crippen LogP contribution in [0.25, 0.3) is 0 Å². The molecule has 46 heavy (non-hydrogen) atoms. The molecule has 254 valence electrons. The fourth-order valence-electron chi connectivity index (χ4n) is 7.07. The van der Waals surface area contributed by atoms with Gasteiger partial charge in [-0.1, -0.05) is 108 Å². The Hall–Kier alpha value is -2.94. The molecule has 0 aliphatic heterocycles. The second kappa shape index (κ2) is 14.4. The SMILES string of the molecule is CCc1cc(O)c(C(C)(C)CC)cc1C(C)CC(c1cc(C(C)(C)CC)c(O)cc1CC)c1cc(C(C)(C)CC)c(O)cc1CC. The summed E-state index contributed by atoms with van der Waals surface area (Å²) < 4.78 is 0. The fraction of sp³-hybridized carbons (Fsp3) is 0.581. The van der Waals surface area contributed by atoms with E-state index >= 15 is 0 Å². The summed E-state index contributed by atoms with van der Waals surface area (Å²) in [5, 5.41) is 33.8. The molecule has 0 aliphatic carbocycles. The van der Waals surface area contributed by atoms with Gasteiger partial charge in [0.2, 0.25) is 0 Å². The number of aromatic hydroxyl groups is 3. The molecule has 0 amide bonds. The van der Waals surface area contributed by atoms with Crippen molar-refractivity contribution in [3.63, 3.8) is 0 Å². The minimum atomic E-state index is -0.174. The summed E-state index contributed by atoms with van der Waals surface area (Å²) in [5.74, 6) is 1.42. The third kappa shape index (κ3) is 7.45. The Morgan fingerprint density at radius 2 is 0.761 bits per heavy atom. The van der Waals surface area contributed by atoms with Crippen LogP contribution in [0.3, 0.4) is 0 Å². The highest BCUT2D eigenvalue weighted by molar-refractivity contribution is 5.54. The minimum Gasteiger partial charge on any atom is -0.508 e. The quantitative estimate of drug-likeness (QED) is 0.166. The lowest BCUT2D eigenvalue weighted by Crippen LogP contribution is -2.20. The van der Waals surface area contributed by atoms with Crippen molar-refractivity contribution in [3.05, 3.63) is 86.5 Å². The molecule has 3 aromatic carbocycles. The predicted octanol–water partition coefficient (Wildman–Crippen LogP) is 11.9. The average Bonchev–Trinajstić information content (AvgIpc) is 3.02. The smallest absolute Gasteiger partial charge is 0.119 e. The van der Waals surface area contributed by atoms with Gasteiger partial charge in [0.05, 0.1) is 0 Å². The maximum absolute atomic E-state index is 11.3. The van der Waals surface area contributed by atoms with Crippen molar-refractivity contribution < 1.29 is 15.3 Å². The van der Waals surface area contributed by atoms with Gasteiger partial charge in [0.1, 0.15) is 17.2 Å². The molecular weight excluding hydrogens is 564 g/mol. The molecule has 0 saturated heterocycles. The second-order valence-electron chi connectivity index (χ2n) is 15.7. The molecule has 0 radical (unpaired) electrons. The van der Waals surface area contributed by atoms with Crippen LogP contribution in [-0.2, 0) is 35.5 Å². The van der Waals surface area contributed by atoms with Crippen LogP contribution >= 0.6 is 0 Å². The van der Waals surface area contributed by atoms with Gasteiger partial charge < -0.3 is 15.3 Å². The Bertz CT molecular complexity index is 1430. The van der Waals surface area contributed by atoms with Crippen LogP contribution in [0, 0.1) is 0 Å². The van der Waals surface area contributed by atoms with E-state index in [1.807, 2.05) is 18.2 Å². The molecule has 3 aromatic rings. The zero-order chi connectivity index (χ0) is 34.8. The lowest BCUT2D eigenvalue weighted by Gasteiger charge is -2.33. The lowest BCUT2D eigenvalue weighted by atomic mass is 9.72. The largest absolute Gasteiger partial charge is 0.508 e. The first-order valence-corrected chi connectivity index (χ1v) is 18.0. The summed E-state index contributed by atoms with van der Waals surface area (Å²) in [6.45, 7) is 28.7. The molecule has 0 saturated carbocycles. The maximum atomic E-state index is 11.3. The Kier molecular flexibility index (Phi) is 11.8. The van der Waals surface area contributed by atoms with E-state index < -0.39 is 0 Å². The van der Waals surface area contributed by atoms with E-state index in [-0.39, 0.29) is 28.1 Å². The highest BCUT2D eigenvalue weighted by Crippen LogP contribution is 2.47. The molecule has 3 heteroatoms. The Balaban J connectivity index is 2.41. The molecule has 1 atom stereocenters. The van der Waals surface area contributed by atoms with Crippen molar-refractivity contribution >= 4 is 0 Å². The van der Waals surface area contributed by atoms with E-state index in [1.165, 1.54) is 33.4 Å². The number of rotatable bonds is 14. The topological polar surface area (TPSA) is 60.7 Å². The fourth-order valence-corrected chi connectivity index (χ4v) is 7.07. The number of aryl methyl sites for hydroxylation is 3. The van der Waals surface area contributed by atoms with Gasteiger partial charge in [-0.25, -0.2) is 0 Å². The van der Waals surface area contributed by atoms with Crippen molar-refractivity contribution in [1.29, 1.82) is 0 Å². The first-order valence-electron chi connectivity index (χ1n) is 18.0. The Morgan fingerprint density at radius 3 is 1.04 bits per heavy atom. The third-order valence-electron chi connectivity index (χ3n) is 11.6. The number of hydrogen-bond donors (Lipinski definition) is 3. The summed E-state index contributed by atoms with van der Waals surface area (Å²) in [6.07, 6.45) is 6.15. The van der Waals surface area contributed by atoms with Crippen LogP contribution in [-0.4, -0.2) is 15.3 Å². The summed E-state index contributed by atoms with van der Waals surface area (Å²) in [5.41, 5.74) is 9.92. The molecular formula is C43H64O3. The van der Waals surface area contributed by atoms with E-state index in [4.69, 9.17) is 0 Å². The summed E-state index contributed by atoms with van der Waals surface area (Å²) in [6, 6.07) is 12.9. The van der Waals surface area contributed by atoms with Gasteiger partial charge in [-0.3, -0.25) is 0 Å². The van der Waals surface area contributed by atoms with E-state index in [0.29, 0.717) is 17.2 Å². The lowest BCUT2D eigenvalue weighted by molar-refractivity contribution is 0.426. The molecule has 1 unspecified atom stereocenters. The number of phenolic OH excluding ortho intramolecular Hbond substituents is 3. The molecule has 0 aliphatic rings. The standard InChI is InChI=1S/C43H64O3/c1-14-28-21-38(44)35(41(8,9)17-4)24-31(28)27(7)20-34(32-25-36(42(10,11)18-5)39(45)22-29(32)15-2)33-26-37(43(12,13)19-6)40(46)23-30(33)16-3/h21-27,34,44-46H,14-20H2,1-13H3. The molecule has 3 N–H and O–H groups in total. The van der Waals surface area contributed by atoms with E-state index in [2.05, 4.69) is 108 Å². The molecule has 3 nitrogen and oxygen atoms in total. The Morgan fingerprint density at radius 1 is 0.478 bits per heavy atom. The first kappa shape index (κ1) is 37.5.